The number of esters is 1. The van der Waals surface area contributed by atoms with Crippen LogP contribution in [0.4, 0.5) is 32.7 Å². The average molecular weight is 2500 g/mol. The molecule has 10 N–H and O–H groups in total. The summed E-state index contributed by atoms with van der Waals surface area (Å²) in [6.07, 6.45) is 16.2. The predicted octanol–water partition coefficient (Wildman–Crippen LogP) is 25.6. The normalized spacial score (nSPS) is 12.4. The molecule has 31 nitrogen and oxygen atoms in total. The van der Waals surface area contributed by atoms with Gasteiger partial charge in [0.15, 0.2) is 0 Å². The number of nitrogen functional groups attached to an aromatic ring is 1. The van der Waals surface area contributed by atoms with Crippen molar-refractivity contribution in [1.82, 2.24) is 65.0 Å². The number of halogens is 13. The van der Waals surface area contributed by atoms with Crippen LogP contribution in [0.5, 0.6) is 0 Å². The van der Waals surface area contributed by atoms with E-state index < -0.39 is 29.5 Å². The third-order valence-corrected chi connectivity index (χ3v) is 26.2. The number of aliphatic hydroxyl groups is 1. The lowest BCUT2D eigenvalue weighted by atomic mass is 9.81. The number of carbonyl (C=O) groups excluding carboxylic acids is 5. The lowest BCUT2D eigenvalue weighted by Gasteiger charge is -2.36. The third-order valence-electron chi connectivity index (χ3n) is 20.7. The van der Waals surface area contributed by atoms with Crippen molar-refractivity contribution in [3.05, 3.63) is 282 Å². The number of amides is 3. The van der Waals surface area contributed by atoms with E-state index in [-0.39, 0.29) is 99.1 Å². The van der Waals surface area contributed by atoms with E-state index in [4.69, 9.17) is 116 Å². The second-order valence-corrected chi connectivity index (χ2v) is 39.1. The number of carbonyl (C=O) groups is 5. The van der Waals surface area contributed by atoms with Crippen LogP contribution in [0.1, 0.15) is 135 Å². The number of fused-ring (bicyclic) bond motifs is 5. The molecule has 0 atom stereocenters. The van der Waals surface area contributed by atoms with Crippen molar-refractivity contribution >= 4 is 290 Å². The van der Waals surface area contributed by atoms with Crippen molar-refractivity contribution in [3.63, 3.8) is 0 Å². The molecule has 45 heteroatoms. The molecule has 9 heterocycles. The first-order valence-electron chi connectivity index (χ1n) is 44.1. The van der Waals surface area contributed by atoms with Crippen LogP contribution >= 0.6 is 170 Å². The molecule has 18 rings (SSSR count). The molecular formula is C105H132BBr4Cl9N18O13. The van der Waals surface area contributed by atoms with E-state index >= 15 is 0 Å². The lowest BCUT2D eigenvalue weighted by Crippen LogP contribution is -2.50. The number of allylic oxidation sites excluding steroid dienone is 1. The van der Waals surface area contributed by atoms with Gasteiger partial charge in [-0.1, -0.05) is 218 Å². The molecule has 0 radical (unpaired) electrons. The Balaban J connectivity index is 0.00000171. The number of primary amides is 1. The SMILES string of the molecule is C.C.C.C.C.C.C1CCNCC1.C=CC(=O)Cl.CC(C)(C)OC(=O)N1CCN(c2ncnc3cc(Cl)c(-c4ccccc4)cc23)CC1.CC(C)(C)OC(=O)N1CCN(c2ncnc3cc(Cl)c(Br)cc23)CC1.CO.COC(=O)c1cc(Br)c(Cl)cc1N.Cl.Cl.Clc1cc2ncnc(N3CCCCC3)c2cc1-c1ccccc1.NC=O.O=c1[nH]cnc2cc(Cl)c(Br)cc12.O=c1[nH]cnc2cc(Cl)c(Br)cc12.OB(O)c1ccccc1. The van der Waals surface area contributed by atoms with Crippen molar-refractivity contribution in [2.45, 2.75) is 136 Å². The molecule has 0 unspecified atom stereocenters. The summed E-state index contributed by atoms with van der Waals surface area (Å²) in [4.78, 5) is 126. The maximum absolute atomic E-state index is 12.4. The quantitative estimate of drug-likeness (QED) is 0.0133. The largest absolute Gasteiger partial charge is 0.488 e. The van der Waals surface area contributed by atoms with Crippen molar-refractivity contribution in [2.24, 2.45) is 5.73 Å². The smallest absolute Gasteiger partial charge is 0.465 e. The van der Waals surface area contributed by atoms with Crippen LogP contribution in [0.15, 0.2) is 236 Å². The molecule has 4 fully saturated rings. The van der Waals surface area contributed by atoms with Gasteiger partial charge in [0.25, 0.3) is 11.1 Å². The maximum Gasteiger partial charge on any atom is 0.488 e. The van der Waals surface area contributed by atoms with Crippen molar-refractivity contribution in [1.29, 1.82) is 0 Å². The number of benzene rings is 9. The highest BCUT2D eigenvalue weighted by molar-refractivity contribution is 9.11. The van der Waals surface area contributed by atoms with E-state index in [0.717, 1.165) is 108 Å². The molecule has 9 aromatic carbocycles. The summed E-state index contributed by atoms with van der Waals surface area (Å²) in [5.74, 6) is 2.27. The van der Waals surface area contributed by atoms with Gasteiger partial charge in [-0.05, 0) is 258 Å². The van der Waals surface area contributed by atoms with Crippen LogP contribution in [-0.2, 0) is 23.8 Å². The van der Waals surface area contributed by atoms with E-state index in [2.05, 4.69) is 175 Å². The monoisotopic (exact) mass is 2490 g/mol. The molecule has 4 aliphatic heterocycles. The van der Waals surface area contributed by atoms with Crippen LogP contribution < -0.4 is 48.1 Å². The molecule has 0 saturated carbocycles. The molecule has 150 heavy (non-hydrogen) atoms. The second kappa shape index (κ2) is 70.2. The number of methoxy groups -OCH3 is 1. The van der Waals surface area contributed by atoms with Gasteiger partial charge in [-0.2, -0.15) is 0 Å². The van der Waals surface area contributed by atoms with Crippen molar-refractivity contribution in [2.75, 3.05) is 113 Å². The number of nitrogens with zero attached hydrogens (tertiary/aromatic N) is 13. The first-order valence-corrected chi connectivity index (χ1v) is 49.9. The van der Waals surface area contributed by atoms with Crippen LogP contribution in [-0.4, -0.2) is 216 Å². The summed E-state index contributed by atoms with van der Waals surface area (Å²) >= 11 is 54.5. The van der Waals surface area contributed by atoms with E-state index in [0.29, 0.717) is 129 Å². The fourth-order valence-corrected chi connectivity index (χ4v) is 16.5. The van der Waals surface area contributed by atoms with Crippen LogP contribution in [0.2, 0.25) is 30.1 Å². The van der Waals surface area contributed by atoms with Crippen LogP contribution in [0.25, 0.3) is 76.8 Å². The topological polar surface area (TPSA) is 423 Å². The predicted molar refractivity (Wildman–Crippen MR) is 641 cm³/mol. The molecule has 814 valence electrons. The highest BCUT2D eigenvalue weighted by Crippen LogP contribution is 2.39. The molecule has 0 bridgehead atoms. The molecule has 3 amide bonds. The number of hydrogen-bond donors (Lipinski definition) is 8. The minimum Gasteiger partial charge on any atom is -0.465 e. The Labute approximate surface area is 959 Å². The van der Waals surface area contributed by atoms with Gasteiger partial charge < -0.3 is 80.6 Å². The number of piperazine rings is 2. The van der Waals surface area contributed by atoms with E-state index in [1.54, 1.807) is 77.3 Å². The number of rotatable bonds is 8. The number of anilines is 4. The zero-order valence-electron chi connectivity index (χ0n) is 79.5. The van der Waals surface area contributed by atoms with Gasteiger partial charge in [-0.25, -0.2) is 54.3 Å². The minimum atomic E-state index is -1.34. The van der Waals surface area contributed by atoms with Crippen molar-refractivity contribution < 1.29 is 53.3 Å². The molecule has 4 aliphatic rings. The fraction of sp³-hybridized carbons (Fsp3) is 0.324. The number of hydrogen-bond acceptors (Lipinski definition) is 26. The third kappa shape index (κ3) is 43.4. The molecule has 4 saturated heterocycles. The molecule has 0 spiro atoms. The number of ether oxygens (including phenoxy) is 3. The summed E-state index contributed by atoms with van der Waals surface area (Å²) in [7, 11) is 0.954. The van der Waals surface area contributed by atoms with Gasteiger partial charge in [-0.15, -0.1) is 24.8 Å². The summed E-state index contributed by atoms with van der Waals surface area (Å²) in [5.41, 5.74) is 17.4. The number of H-pyrrole nitrogens is 2. The van der Waals surface area contributed by atoms with Gasteiger partial charge in [0.2, 0.25) is 11.7 Å². The molecule has 14 aromatic rings. The van der Waals surface area contributed by atoms with Crippen LogP contribution in [0, 0.1) is 0 Å². The minimum absolute atomic E-state index is 0. The highest BCUT2D eigenvalue weighted by Gasteiger charge is 2.30. The number of aromatic amines is 2. The van der Waals surface area contributed by atoms with Gasteiger partial charge >= 0.3 is 25.3 Å². The molecule has 0 aliphatic carbocycles. The van der Waals surface area contributed by atoms with Gasteiger partial charge in [0.1, 0.15) is 47.6 Å². The number of nitrogens with two attached hydrogens (primary N) is 2. The Bertz CT molecular complexity index is 6600. The first-order chi connectivity index (χ1) is 67.8. The molecular weight excluding hydrogens is 2370 g/mol. The standard InChI is InChI=1S/C23H25ClN4O2.C19H18ClN3.C17H20BrClN4O2.2C8H4BrClN2O.C8H7BrClNO2.C6H7BO2.C5H11N.C3H3ClO.CH3NO.CH4O.6CH4.2ClH/c1-23(2,3)30-22(29)28-11-9-27(10-12-28)21-18-13-17(16-7-5-4-6-8-16)19(24)14-20(18)25-15-26-21;20-17-12-18-16(11-15(17)14-7-3-1-4-8-14)19(22-13-21-18)23-9-5-2-6-10-23;1-17(2,3)25-16(24)23-6-4-22(5-7-23)15-11-8-12(18)13(19)9-14(11)20-10-21-15;2*9-5-1-4-7(2-6(5)10)11-3-12-8(4)13;1-13-8(12)4-2-5(9)6(10)3-7(4)11;8-7(9)6-4-2-1-3-5-6;1-2-4-6-5-3-1;1-2-3(4)5;2-1-3;1-2;;;;;;;;/h4-8,13-15H,9-12H2,1-3H3;1,3-4,7-8,11-13H,2,5-6,9-10H2;8-10H,4-7H2,1-3H3;2*1-3H,(H,11,12,13);2-3H,11H2,1H3;1-5,8-9H;6H,1-5H2;2H,1H2;1H,(H2,2,3);2H,1H3;6*1H4;2*1H. The van der Waals surface area contributed by atoms with E-state index in [9.17, 15) is 28.8 Å². The van der Waals surface area contributed by atoms with Crippen molar-refractivity contribution in [3.8, 4) is 22.3 Å². The Kier molecular flexibility index (Phi) is 65.4. The number of piperidine rings is 2. The van der Waals surface area contributed by atoms with Gasteiger partial charge in [-0.3, -0.25) is 19.2 Å². The maximum atomic E-state index is 12.4. The van der Waals surface area contributed by atoms with Crippen LogP contribution in [0.3, 0.4) is 0 Å². The Morgan fingerprint density at radius 2 is 0.740 bits per heavy atom. The van der Waals surface area contributed by atoms with E-state index in [1.807, 2.05) is 120 Å². The summed E-state index contributed by atoms with van der Waals surface area (Å²) in [6, 6.07) is 50.4. The van der Waals surface area contributed by atoms with E-state index in [1.165, 1.54) is 83.5 Å². The number of aromatic nitrogens is 10. The summed E-state index contributed by atoms with van der Waals surface area (Å²) < 4.78 is 18.3. The average Bonchev–Trinajstić information content (AvgIpc) is 0.783. The fourth-order valence-electron chi connectivity index (χ4n) is 14.0. The Morgan fingerprint density at radius 1 is 0.440 bits per heavy atom. The Morgan fingerprint density at radius 3 is 1.05 bits per heavy atom. The first kappa shape index (κ1) is 140. The lowest BCUT2D eigenvalue weighted by molar-refractivity contribution is -0.108. The number of nitrogens with one attached hydrogen (secondary N) is 3. The molecule has 5 aromatic heterocycles. The highest BCUT2D eigenvalue weighted by atomic mass is 79.9. The Hall–Kier alpha value is -10.2. The van der Waals surface area contributed by atoms with Gasteiger partial charge in [0.05, 0.1) is 93.8 Å². The zero-order chi connectivity index (χ0) is 104. The summed E-state index contributed by atoms with van der Waals surface area (Å²) in [5, 5.41) is 34.5. The zero-order valence-corrected chi connectivity index (χ0v) is 92.8. The second-order valence-electron chi connectivity index (χ2n) is 32.9. The van der Waals surface area contributed by atoms with Gasteiger partial charge in [0, 0.05) is 123 Å². The number of aliphatic hydroxyl groups excluding tert-OH is 1. The summed E-state index contributed by atoms with van der Waals surface area (Å²) in [6.45, 7) is 24.0.